The molecule has 2 aromatic rings. The molecule has 2 rings (SSSR count). The second-order valence-electron chi connectivity index (χ2n) is 4.86. The van der Waals surface area contributed by atoms with Gasteiger partial charge < -0.3 is 10.4 Å². The Kier molecular flexibility index (Phi) is 5.79. The Morgan fingerprint density at radius 3 is 2.57 bits per heavy atom. The molecule has 0 aliphatic rings. The molecule has 2 N–H and O–H groups in total. The van der Waals surface area contributed by atoms with Crippen molar-refractivity contribution in [2.45, 2.75) is 6.42 Å². The SMILES string of the molecule is N#C/C(=C\c1ccc(O)cc1)C(=O)NCCc1ccccc1Cl. The number of amides is 1. The molecular weight excluding hydrogens is 312 g/mol. The zero-order chi connectivity index (χ0) is 16.7. The van der Waals surface area contributed by atoms with E-state index in [4.69, 9.17) is 16.9 Å². The number of carbonyl (C=O) groups is 1. The Bertz CT molecular complexity index is 761. The molecule has 0 aliphatic heterocycles. The molecule has 23 heavy (non-hydrogen) atoms. The van der Waals surface area contributed by atoms with Gasteiger partial charge in [0.15, 0.2) is 0 Å². The number of aromatic hydroxyl groups is 1. The van der Waals surface area contributed by atoms with Gasteiger partial charge in [0, 0.05) is 11.6 Å². The predicted octanol–water partition coefficient (Wildman–Crippen LogP) is 3.31. The van der Waals surface area contributed by atoms with E-state index in [1.54, 1.807) is 18.2 Å². The highest BCUT2D eigenvalue weighted by atomic mass is 35.5. The van der Waals surface area contributed by atoms with Crippen molar-refractivity contribution in [2.24, 2.45) is 0 Å². The van der Waals surface area contributed by atoms with E-state index in [1.165, 1.54) is 18.2 Å². The fraction of sp³-hybridized carbons (Fsp3) is 0.111. The van der Waals surface area contributed by atoms with Gasteiger partial charge in [0.1, 0.15) is 17.4 Å². The van der Waals surface area contributed by atoms with Crippen LogP contribution in [-0.2, 0) is 11.2 Å². The lowest BCUT2D eigenvalue weighted by Gasteiger charge is -2.06. The summed E-state index contributed by atoms with van der Waals surface area (Å²) in [4.78, 5) is 12.0. The van der Waals surface area contributed by atoms with Gasteiger partial charge in [0.05, 0.1) is 0 Å². The summed E-state index contributed by atoms with van der Waals surface area (Å²) in [6, 6.07) is 15.6. The number of nitriles is 1. The summed E-state index contributed by atoms with van der Waals surface area (Å²) in [5.74, 6) is -0.308. The van der Waals surface area contributed by atoms with Crippen molar-refractivity contribution in [1.82, 2.24) is 5.32 Å². The van der Waals surface area contributed by atoms with Crippen LogP contribution in [0.25, 0.3) is 6.08 Å². The third-order valence-corrected chi connectivity index (χ3v) is 3.58. The zero-order valence-corrected chi connectivity index (χ0v) is 13.0. The quantitative estimate of drug-likeness (QED) is 0.654. The maximum absolute atomic E-state index is 12.0. The number of halogens is 1. The van der Waals surface area contributed by atoms with E-state index >= 15 is 0 Å². The number of nitrogens with zero attached hydrogens (tertiary/aromatic N) is 1. The molecule has 0 atom stereocenters. The standard InChI is InChI=1S/C18H15ClN2O2/c19-17-4-2-1-3-14(17)9-10-21-18(23)15(12-20)11-13-5-7-16(22)8-6-13/h1-8,11,22H,9-10H2,(H,21,23)/b15-11+. The third kappa shape index (κ3) is 4.87. The van der Waals surface area contributed by atoms with E-state index in [-0.39, 0.29) is 11.3 Å². The number of hydrogen-bond acceptors (Lipinski definition) is 3. The average molecular weight is 327 g/mol. The minimum Gasteiger partial charge on any atom is -0.508 e. The number of benzene rings is 2. The Hall–Kier alpha value is -2.77. The summed E-state index contributed by atoms with van der Waals surface area (Å²) in [6.07, 6.45) is 2.06. The zero-order valence-electron chi connectivity index (χ0n) is 12.3. The van der Waals surface area contributed by atoms with E-state index in [1.807, 2.05) is 24.3 Å². The molecule has 116 valence electrons. The van der Waals surface area contributed by atoms with Gasteiger partial charge in [-0.3, -0.25) is 4.79 Å². The molecule has 4 nitrogen and oxygen atoms in total. The van der Waals surface area contributed by atoms with Crippen LogP contribution in [0.1, 0.15) is 11.1 Å². The first kappa shape index (κ1) is 16.6. The molecule has 0 aliphatic carbocycles. The summed E-state index contributed by atoms with van der Waals surface area (Å²) < 4.78 is 0. The van der Waals surface area contributed by atoms with Crippen LogP contribution in [0, 0.1) is 11.3 Å². The highest BCUT2D eigenvalue weighted by molar-refractivity contribution is 6.31. The highest BCUT2D eigenvalue weighted by Gasteiger charge is 2.09. The van der Waals surface area contributed by atoms with Crippen molar-refractivity contribution in [1.29, 1.82) is 5.26 Å². The molecule has 1 amide bonds. The maximum Gasteiger partial charge on any atom is 0.261 e. The summed E-state index contributed by atoms with van der Waals surface area (Å²) in [6.45, 7) is 0.386. The molecule has 0 bridgehead atoms. The van der Waals surface area contributed by atoms with Crippen LogP contribution in [0.15, 0.2) is 54.1 Å². The Balaban J connectivity index is 1.97. The number of rotatable bonds is 5. The van der Waals surface area contributed by atoms with Crippen LogP contribution in [0.3, 0.4) is 0 Å². The smallest absolute Gasteiger partial charge is 0.261 e. The van der Waals surface area contributed by atoms with Gasteiger partial charge in [-0.25, -0.2) is 0 Å². The summed E-state index contributed by atoms with van der Waals surface area (Å²) in [5.41, 5.74) is 1.62. The second kappa shape index (κ2) is 8.02. The van der Waals surface area contributed by atoms with Crippen LogP contribution in [-0.4, -0.2) is 17.6 Å². The largest absolute Gasteiger partial charge is 0.508 e. The van der Waals surface area contributed by atoms with Crippen LogP contribution in [0.4, 0.5) is 0 Å². The third-order valence-electron chi connectivity index (χ3n) is 3.21. The molecule has 0 spiro atoms. The first-order chi connectivity index (χ1) is 11.1. The fourth-order valence-electron chi connectivity index (χ4n) is 1.99. The molecule has 0 fully saturated rings. The number of carbonyl (C=O) groups excluding carboxylic acids is 1. The van der Waals surface area contributed by atoms with Crippen molar-refractivity contribution >= 4 is 23.6 Å². The van der Waals surface area contributed by atoms with Gasteiger partial charge in [-0.1, -0.05) is 41.9 Å². The monoisotopic (exact) mass is 326 g/mol. The van der Waals surface area contributed by atoms with E-state index < -0.39 is 5.91 Å². The highest BCUT2D eigenvalue weighted by Crippen LogP contribution is 2.15. The van der Waals surface area contributed by atoms with Gasteiger partial charge >= 0.3 is 0 Å². The topological polar surface area (TPSA) is 73.1 Å². The predicted molar refractivity (Wildman–Crippen MR) is 89.9 cm³/mol. The summed E-state index contributed by atoms with van der Waals surface area (Å²) >= 11 is 6.05. The molecule has 0 saturated heterocycles. The molecule has 2 aromatic carbocycles. The van der Waals surface area contributed by atoms with Crippen molar-refractivity contribution in [3.63, 3.8) is 0 Å². The fourth-order valence-corrected chi connectivity index (χ4v) is 2.22. The van der Waals surface area contributed by atoms with Crippen molar-refractivity contribution < 1.29 is 9.90 Å². The van der Waals surface area contributed by atoms with Crippen LogP contribution in [0.5, 0.6) is 5.75 Å². The Morgan fingerprint density at radius 2 is 1.91 bits per heavy atom. The molecule has 0 aromatic heterocycles. The molecule has 0 radical (unpaired) electrons. The molecule has 0 heterocycles. The number of phenols is 1. The maximum atomic E-state index is 12.0. The second-order valence-corrected chi connectivity index (χ2v) is 5.27. The normalized spacial score (nSPS) is 10.9. The first-order valence-electron chi connectivity index (χ1n) is 7.02. The van der Waals surface area contributed by atoms with E-state index in [0.717, 1.165) is 5.56 Å². The van der Waals surface area contributed by atoms with Gasteiger partial charge in [-0.05, 0) is 41.8 Å². The van der Waals surface area contributed by atoms with Crippen LogP contribution in [0.2, 0.25) is 5.02 Å². The molecule has 0 saturated carbocycles. The molecule has 0 unspecified atom stereocenters. The van der Waals surface area contributed by atoms with E-state index in [9.17, 15) is 9.90 Å². The van der Waals surface area contributed by atoms with Crippen molar-refractivity contribution in [3.8, 4) is 11.8 Å². The Morgan fingerprint density at radius 1 is 1.22 bits per heavy atom. The first-order valence-corrected chi connectivity index (χ1v) is 7.40. The summed E-state index contributed by atoms with van der Waals surface area (Å²) in [5, 5.41) is 21.7. The van der Waals surface area contributed by atoms with Gasteiger partial charge in [-0.2, -0.15) is 5.26 Å². The van der Waals surface area contributed by atoms with Crippen molar-refractivity contribution in [2.75, 3.05) is 6.54 Å². The van der Waals surface area contributed by atoms with Crippen molar-refractivity contribution in [3.05, 3.63) is 70.3 Å². The lowest BCUT2D eigenvalue weighted by Crippen LogP contribution is -2.26. The minimum absolute atomic E-state index is 0.00912. The van der Waals surface area contributed by atoms with Gasteiger partial charge in [0.2, 0.25) is 0 Å². The molecule has 5 heteroatoms. The van der Waals surface area contributed by atoms with Gasteiger partial charge in [0.25, 0.3) is 5.91 Å². The van der Waals surface area contributed by atoms with Crippen LogP contribution < -0.4 is 5.32 Å². The van der Waals surface area contributed by atoms with E-state index in [2.05, 4.69) is 5.32 Å². The molecular formula is C18H15ClN2O2. The van der Waals surface area contributed by atoms with E-state index in [0.29, 0.717) is 23.6 Å². The number of phenolic OH excluding ortho intramolecular Hbond substituents is 1. The van der Waals surface area contributed by atoms with Crippen LogP contribution >= 0.6 is 11.6 Å². The number of nitrogens with one attached hydrogen (secondary N) is 1. The van der Waals surface area contributed by atoms with Gasteiger partial charge in [-0.15, -0.1) is 0 Å². The minimum atomic E-state index is -0.437. The number of hydrogen-bond donors (Lipinski definition) is 2. The average Bonchev–Trinajstić information content (AvgIpc) is 2.56. The lowest BCUT2D eigenvalue weighted by atomic mass is 10.1. The summed E-state index contributed by atoms with van der Waals surface area (Å²) in [7, 11) is 0. The Labute approximate surface area is 139 Å². The lowest BCUT2D eigenvalue weighted by molar-refractivity contribution is -0.117.